The van der Waals surface area contributed by atoms with Gasteiger partial charge in [0.2, 0.25) is 0 Å². The number of benzene rings is 2. The Morgan fingerprint density at radius 1 is 1.08 bits per heavy atom. The van der Waals surface area contributed by atoms with Crippen molar-refractivity contribution in [3.8, 4) is 5.69 Å². The summed E-state index contributed by atoms with van der Waals surface area (Å²) in [5.74, 6) is -0.535. The van der Waals surface area contributed by atoms with Crippen molar-refractivity contribution in [2.75, 3.05) is 0 Å². The Morgan fingerprint density at radius 2 is 1.83 bits per heavy atom. The van der Waals surface area contributed by atoms with E-state index in [1.165, 1.54) is 18.2 Å². The number of aromatic nitrogens is 4. The third kappa shape index (κ3) is 2.02. The lowest BCUT2D eigenvalue weighted by molar-refractivity contribution is 0.108. The van der Waals surface area contributed by atoms with Crippen LogP contribution in [-0.2, 0) is 0 Å². The Morgan fingerprint density at radius 3 is 2.62 bits per heavy atom. The van der Waals surface area contributed by atoms with Crippen LogP contribution in [0.15, 0.2) is 47.3 Å². The lowest BCUT2D eigenvalue weighted by atomic mass is 10.2. The van der Waals surface area contributed by atoms with Crippen molar-refractivity contribution in [1.29, 1.82) is 0 Å². The molecule has 2 aromatic carbocycles. The molecule has 0 amide bonds. The fraction of sp³-hybridized carbons (Fsp3) is 0. The van der Waals surface area contributed by atoms with Crippen molar-refractivity contribution >= 4 is 38.8 Å². The number of fused-ring (bicyclic) bond motifs is 3. The molecule has 0 aliphatic rings. The van der Waals surface area contributed by atoms with E-state index in [2.05, 4.69) is 15.3 Å². The van der Waals surface area contributed by atoms with E-state index in [0.717, 1.165) is 4.68 Å². The molecule has 2 aromatic heterocycles. The Labute approximate surface area is 138 Å². The van der Waals surface area contributed by atoms with Crippen LogP contribution in [0.5, 0.6) is 0 Å². The van der Waals surface area contributed by atoms with Crippen LogP contribution in [-0.4, -0.2) is 25.2 Å². The molecule has 0 radical (unpaired) electrons. The summed E-state index contributed by atoms with van der Waals surface area (Å²) >= 11 is 5.58. The van der Waals surface area contributed by atoms with Crippen molar-refractivity contribution < 1.29 is 9.18 Å². The van der Waals surface area contributed by atoms with Gasteiger partial charge in [-0.2, -0.15) is 0 Å². The minimum absolute atomic E-state index is 0.0462. The highest BCUT2D eigenvalue weighted by molar-refractivity contribution is 6.68. The van der Waals surface area contributed by atoms with Crippen LogP contribution in [0, 0.1) is 5.82 Å². The van der Waals surface area contributed by atoms with Crippen LogP contribution >= 0.6 is 11.6 Å². The summed E-state index contributed by atoms with van der Waals surface area (Å²) in [5.41, 5.74) is 0.377. The van der Waals surface area contributed by atoms with Crippen LogP contribution in [0.4, 0.5) is 4.39 Å². The van der Waals surface area contributed by atoms with Gasteiger partial charge in [-0.15, -0.1) is 10.2 Å². The topological polar surface area (TPSA) is 80.6 Å². The van der Waals surface area contributed by atoms with E-state index in [1.807, 2.05) is 0 Å². The molecule has 1 N–H and O–H groups in total. The van der Waals surface area contributed by atoms with Gasteiger partial charge < -0.3 is 0 Å². The van der Waals surface area contributed by atoms with E-state index in [-0.39, 0.29) is 22.3 Å². The van der Waals surface area contributed by atoms with Crippen molar-refractivity contribution in [1.82, 2.24) is 20.0 Å². The van der Waals surface area contributed by atoms with E-state index in [9.17, 15) is 14.0 Å². The molecule has 4 rings (SSSR count). The first kappa shape index (κ1) is 14.5. The Bertz CT molecular complexity index is 1180. The molecule has 0 fully saturated rings. The van der Waals surface area contributed by atoms with E-state index in [1.54, 1.807) is 24.3 Å². The summed E-state index contributed by atoms with van der Waals surface area (Å²) in [4.78, 5) is 24.2. The van der Waals surface area contributed by atoms with Crippen LogP contribution in [0.2, 0.25) is 0 Å². The predicted molar refractivity (Wildman–Crippen MR) is 87.1 cm³/mol. The smallest absolute Gasteiger partial charge is 0.288 e. The number of hydrogen-bond acceptors (Lipinski definition) is 4. The number of para-hydroxylation sites is 1. The molecule has 8 heteroatoms. The van der Waals surface area contributed by atoms with Gasteiger partial charge in [-0.3, -0.25) is 14.7 Å². The standard InChI is InChI=1S/C16H8ClFN4O2/c17-15(23)8-4-1-2-7-11(8)22-16(24)14-13(21-22)9-5-3-6-10(18)12(9)19-20-14/h1-7,21H. The largest absolute Gasteiger partial charge is 0.299 e. The third-order valence-electron chi connectivity index (χ3n) is 3.73. The highest BCUT2D eigenvalue weighted by atomic mass is 35.5. The summed E-state index contributed by atoms with van der Waals surface area (Å²) in [6.45, 7) is 0. The lowest BCUT2D eigenvalue weighted by Crippen LogP contribution is -2.17. The maximum absolute atomic E-state index is 13.9. The molecule has 0 unspecified atom stereocenters. The summed E-state index contributed by atoms with van der Waals surface area (Å²) in [6, 6.07) is 10.8. The summed E-state index contributed by atoms with van der Waals surface area (Å²) < 4.78 is 15.0. The molecule has 0 bridgehead atoms. The van der Waals surface area contributed by atoms with Gasteiger partial charge in [0, 0.05) is 5.39 Å². The van der Waals surface area contributed by atoms with Crippen LogP contribution in [0.1, 0.15) is 10.4 Å². The number of nitrogens with one attached hydrogen (secondary N) is 1. The Balaban J connectivity index is 2.11. The molecule has 0 saturated heterocycles. The minimum atomic E-state index is -0.696. The number of halogens is 2. The van der Waals surface area contributed by atoms with Crippen molar-refractivity contribution in [2.24, 2.45) is 0 Å². The van der Waals surface area contributed by atoms with Crippen LogP contribution < -0.4 is 5.56 Å². The highest BCUT2D eigenvalue weighted by Crippen LogP contribution is 2.22. The maximum atomic E-state index is 13.9. The van der Waals surface area contributed by atoms with Gasteiger partial charge in [0.25, 0.3) is 10.8 Å². The fourth-order valence-corrected chi connectivity index (χ4v) is 2.79. The molecule has 6 nitrogen and oxygen atoms in total. The normalized spacial score (nSPS) is 11.2. The molecule has 0 spiro atoms. The Kier molecular flexibility index (Phi) is 3.17. The van der Waals surface area contributed by atoms with Crippen molar-refractivity contribution in [3.05, 3.63) is 64.2 Å². The SMILES string of the molecule is O=C(Cl)c1ccccc1-n1[nH]c2c(nnc3c(F)cccc32)c1=O. The van der Waals surface area contributed by atoms with Gasteiger partial charge in [0.15, 0.2) is 11.3 Å². The third-order valence-corrected chi connectivity index (χ3v) is 3.93. The zero-order valence-corrected chi connectivity index (χ0v) is 12.7. The number of carbonyl (C=O) groups is 1. The van der Waals surface area contributed by atoms with Crippen LogP contribution in [0.25, 0.3) is 27.6 Å². The summed E-state index contributed by atoms with van der Waals surface area (Å²) in [7, 11) is 0. The van der Waals surface area contributed by atoms with Gasteiger partial charge in [0.05, 0.1) is 16.8 Å². The predicted octanol–water partition coefficient (Wildman–Crippen LogP) is 2.78. The molecule has 4 aromatic rings. The molecule has 24 heavy (non-hydrogen) atoms. The highest BCUT2D eigenvalue weighted by Gasteiger charge is 2.18. The van der Waals surface area contributed by atoms with Gasteiger partial charge in [-0.1, -0.05) is 24.3 Å². The molecule has 0 aliphatic heterocycles. The fourth-order valence-electron chi connectivity index (χ4n) is 2.63. The average molecular weight is 343 g/mol. The van der Waals surface area contributed by atoms with Crippen molar-refractivity contribution in [3.63, 3.8) is 0 Å². The first-order chi connectivity index (χ1) is 11.6. The van der Waals surface area contributed by atoms with Gasteiger partial charge in [-0.25, -0.2) is 9.07 Å². The molecule has 2 heterocycles. The summed E-state index contributed by atoms with van der Waals surface area (Å²) in [5, 5.41) is 10.2. The molecule has 0 aliphatic carbocycles. The zero-order valence-electron chi connectivity index (χ0n) is 12.0. The second-order valence-corrected chi connectivity index (χ2v) is 5.45. The zero-order chi connectivity index (χ0) is 16.8. The monoisotopic (exact) mass is 342 g/mol. The minimum Gasteiger partial charge on any atom is -0.288 e. The van der Waals surface area contributed by atoms with Crippen molar-refractivity contribution in [2.45, 2.75) is 0 Å². The Hall–Kier alpha value is -3.06. The maximum Gasteiger partial charge on any atom is 0.299 e. The van der Waals surface area contributed by atoms with E-state index in [0.29, 0.717) is 10.9 Å². The number of carbonyl (C=O) groups excluding carboxylic acids is 1. The van der Waals surface area contributed by atoms with Crippen LogP contribution in [0.3, 0.4) is 0 Å². The molecule has 118 valence electrons. The second-order valence-electron chi connectivity index (χ2n) is 5.10. The number of nitrogens with zero attached hydrogens (tertiary/aromatic N) is 3. The van der Waals surface area contributed by atoms with Gasteiger partial charge in [0.1, 0.15) is 5.52 Å². The van der Waals surface area contributed by atoms with Gasteiger partial charge in [-0.05, 0) is 29.8 Å². The molecular weight excluding hydrogens is 335 g/mol. The first-order valence-corrected chi connectivity index (χ1v) is 7.30. The first-order valence-electron chi connectivity index (χ1n) is 6.93. The molecular formula is C16H8ClFN4O2. The number of hydrogen-bond donors (Lipinski definition) is 1. The van der Waals surface area contributed by atoms with Gasteiger partial charge >= 0.3 is 0 Å². The number of aromatic amines is 1. The van der Waals surface area contributed by atoms with E-state index < -0.39 is 16.6 Å². The molecule has 0 atom stereocenters. The second kappa shape index (κ2) is 5.24. The number of rotatable bonds is 2. The lowest BCUT2D eigenvalue weighted by Gasteiger charge is -2.05. The van der Waals surface area contributed by atoms with E-state index >= 15 is 0 Å². The summed E-state index contributed by atoms with van der Waals surface area (Å²) in [6.07, 6.45) is 0. The van der Waals surface area contributed by atoms with E-state index in [4.69, 9.17) is 11.6 Å². The molecule has 0 saturated carbocycles. The quantitative estimate of drug-likeness (QED) is 0.568. The number of H-pyrrole nitrogens is 1. The average Bonchev–Trinajstić information content (AvgIpc) is 2.92.